The smallest absolute Gasteiger partial charge is 0.416 e. The van der Waals surface area contributed by atoms with Crippen LogP contribution in [0.5, 0.6) is 5.75 Å². The Labute approximate surface area is 191 Å². The molecule has 8 heteroatoms. The molecule has 1 amide bonds. The number of hydrogen-bond acceptors (Lipinski definition) is 4. The number of carbonyl (C=O) groups excluding carboxylic acids is 1. The Bertz CT molecular complexity index is 981. The minimum atomic E-state index is -4.41. The zero-order valence-corrected chi connectivity index (χ0v) is 18.4. The van der Waals surface area contributed by atoms with Crippen LogP contribution in [0.2, 0.25) is 0 Å². The number of fused-ring (bicyclic) bond motifs is 3. The van der Waals surface area contributed by atoms with Gasteiger partial charge in [0.05, 0.1) is 17.5 Å². The number of anilines is 1. The van der Waals surface area contributed by atoms with Crippen LogP contribution in [0.3, 0.4) is 0 Å². The minimum Gasteiger partial charge on any atom is -0.492 e. The number of piperazine rings is 1. The molecule has 5 nitrogen and oxygen atoms in total. The maximum absolute atomic E-state index is 13.3. The molecule has 0 radical (unpaired) electrons. The topological polar surface area (TPSA) is 44.8 Å². The number of nitrogens with one attached hydrogen (secondary N) is 1. The van der Waals surface area contributed by atoms with Crippen molar-refractivity contribution in [2.45, 2.75) is 18.6 Å². The Morgan fingerprint density at radius 3 is 2.70 bits per heavy atom. The molecule has 1 saturated heterocycles. The Kier molecular flexibility index (Phi) is 6.93. The fourth-order valence-corrected chi connectivity index (χ4v) is 4.68. The summed E-state index contributed by atoms with van der Waals surface area (Å²) in [5.74, 6) is 0.207. The average molecular weight is 460 g/mol. The van der Waals surface area contributed by atoms with Crippen molar-refractivity contribution in [3.05, 3.63) is 72.3 Å². The molecular formula is C25H28F3N3O2. The van der Waals surface area contributed by atoms with Gasteiger partial charge in [0.1, 0.15) is 12.4 Å². The molecular weight excluding hydrogens is 431 g/mol. The van der Waals surface area contributed by atoms with Crippen LogP contribution in [0, 0.1) is 5.92 Å². The highest BCUT2D eigenvalue weighted by atomic mass is 19.4. The maximum atomic E-state index is 13.3. The third kappa shape index (κ3) is 5.33. The van der Waals surface area contributed by atoms with E-state index in [1.807, 2.05) is 30.3 Å². The largest absolute Gasteiger partial charge is 0.492 e. The Morgan fingerprint density at radius 2 is 1.97 bits per heavy atom. The molecule has 0 aromatic heterocycles. The van der Waals surface area contributed by atoms with E-state index in [9.17, 15) is 18.0 Å². The van der Waals surface area contributed by atoms with Crippen LogP contribution in [0.15, 0.2) is 61.2 Å². The summed E-state index contributed by atoms with van der Waals surface area (Å²) in [5, 5.41) is 2.84. The number of benzene rings is 2. The van der Waals surface area contributed by atoms with Gasteiger partial charge >= 0.3 is 6.18 Å². The quantitative estimate of drug-likeness (QED) is 0.641. The normalized spacial score (nSPS) is 20.5. The number of para-hydroxylation sites is 1. The van der Waals surface area contributed by atoms with Gasteiger partial charge in [-0.15, -0.1) is 6.58 Å². The van der Waals surface area contributed by atoms with Crippen molar-refractivity contribution >= 4 is 11.6 Å². The van der Waals surface area contributed by atoms with Crippen molar-refractivity contribution < 1.29 is 22.7 Å². The first-order valence-corrected chi connectivity index (χ1v) is 11.1. The molecule has 1 fully saturated rings. The lowest BCUT2D eigenvalue weighted by molar-refractivity contribution is -0.137. The van der Waals surface area contributed by atoms with Crippen molar-refractivity contribution in [3.8, 4) is 5.75 Å². The summed E-state index contributed by atoms with van der Waals surface area (Å²) in [6, 6.07) is 13.3. The fourth-order valence-electron chi connectivity index (χ4n) is 4.68. The van der Waals surface area contributed by atoms with Gasteiger partial charge in [-0.1, -0.05) is 24.3 Å². The summed E-state index contributed by atoms with van der Waals surface area (Å²) in [6.45, 7) is 7.22. The van der Waals surface area contributed by atoms with Crippen molar-refractivity contribution in [1.29, 1.82) is 0 Å². The lowest BCUT2D eigenvalue weighted by Crippen LogP contribution is -2.61. The van der Waals surface area contributed by atoms with Gasteiger partial charge in [-0.25, -0.2) is 0 Å². The van der Waals surface area contributed by atoms with Crippen LogP contribution in [0.4, 0.5) is 18.9 Å². The highest BCUT2D eigenvalue weighted by Gasteiger charge is 2.42. The first-order valence-electron chi connectivity index (χ1n) is 11.1. The molecule has 2 heterocycles. The Morgan fingerprint density at radius 1 is 1.18 bits per heavy atom. The first kappa shape index (κ1) is 23.2. The van der Waals surface area contributed by atoms with Crippen LogP contribution >= 0.6 is 0 Å². The molecule has 1 N–H and O–H groups in total. The van der Waals surface area contributed by atoms with Gasteiger partial charge in [0, 0.05) is 38.4 Å². The van der Waals surface area contributed by atoms with E-state index in [-0.39, 0.29) is 18.4 Å². The minimum absolute atomic E-state index is 0.121. The monoisotopic (exact) mass is 459 g/mol. The summed E-state index contributed by atoms with van der Waals surface area (Å²) in [4.78, 5) is 17.3. The van der Waals surface area contributed by atoms with Crippen LogP contribution in [0.1, 0.15) is 11.1 Å². The van der Waals surface area contributed by atoms with E-state index in [0.717, 1.165) is 24.0 Å². The molecule has 0 saturated carbocycles. The van der Waals surface area contributed by atoms with Gasteiger partial charge in [0.25, 0.3) is 0 Å². The fraction of sp³-hybridized carbons (Fsp3) is 0.400. The van der Waals surface area contributed by atoms with Crippen molar-refractivity contribution in [2.75, 3.05) is 44.2 Å². The van der Waals surface area contributed by atoms with Crippen LogP contribution in [-0.2, 0) is 17.4 Å². The molecule has 0 aliphatic carbocycles. The predicted octanol–water partition coefficient (Wildman–Crippen LogP) is 3.75. The van der Waals surface area contributed by atoms with Crippen molar-refractivity contribution in [2.24, 2.45) is 5.92 Å². The zero-order valence-electron chi connectivity index (χ0n) is 18.4. The second-order valence-electron chi connectivity index (χ2n) is 8.41. The average Bonchev–Trinajstić information content (AvgIpc) is 2.81. The maximum Gasteiger partial charge on any atom is 0.416 e. The standard InChI is InChI=1S/C25H28F3N3O2/c1-2-10-29-24(32)21-16-18-15-19(25(26,27)28)8-9-22(18)31-12-11-30(17-23(21)31)13-14-33-20-6-4-3-5-7-20/h2-9,15,21,23H,1,10-14,16-17H2,(H,29,32)/t21-,23-/m1/s1. The molecule has 2 aromatic carbocycles. The van der Waals surface area contributed by atoms with Crippen molar-refractivity contribution in [1.82, 2.24) is 10.2 Å². The molecule has 2 aliphatic heterocycles. The van der Waals surface area contributed by atoms with E-state index in [1.165, 1.54) is 6.07 Å². The second kappa shape index (κ2) is 9.87. The lowest BCUT2D eigenvalue weighted by atomic mass is 9.82. The number of carbonyl (C=O) groups is 1. The van der Waals surface area contributed by atoms with Crippen LogP contribution in [-0.4, -0.2) is 56.2 Å². The molecule has 2 aliphatic rings. The summed E-state index contributed by atoms with van der Waals surface area (Å²) in [7, 11) is 0. The SMILES string of the molecule is C=CCNC(=O)[C@@H]1Cc2cc(C(F)(F)F)ccc2N2CCN(CCOc3ccccc3)C[C@H]12. The Balaban J connectivity index is 1.51. The van der Waals surface area contributed by atoms with E-state index >= 15 is 0 Å². The third-order valence-corrected chi connectivity index (χ3v) is 6.30. The van der Waals surface area contributed by atoms with Gasteiger partial charge in [-0.2, -0.15) is 13.2 Å². The van der Waals surface area contributed by atoms with E-state index in [0.29, 0.717) is 38.3 Å². The van der Waals surface area contributed by atoms with Gasteiger partial charge in [0.2, 0.25) is 5.91 Å². The zero-order chi connectivity index (χ0) is 23.4. The predicted molar refractivity (Wildman–Crippen MR) is 121 cm³/mol. The first-order chi connectivity index (χ1) is 15.9. The molecule has 0 bridgehead atoms. The number of amides is 1. The molecule has 176 valence electrons. The molecule has 2 atom stereocenters. The number of hydrogen-bond donors (Lipinski definition) is 1. The van der Waals surface area contributed by atoms with Crippen LogP contribution in [0.25, 0.3) is 0 Å². The molecule has 4 rings (SSSR count). The summed E-state index contributed by atoms with van der Waals surface area (Å²) < 4.78 is 45.7. The molecule has 33 heavy (non-hydrogen) atoms. The Hall–Kier alpha value is -3.00. The third-order valence-electron chi connectivity index (χ3n) is 6.30. The lowest BCUT2D eigenvalue weighted by Gasteiger charge is -2.49. The van der Waals surface area contributed by atoms with E-state index in [1.54, 1.807) is 12.1 Å². The summed E-state index contributed by atoms with van der Waals surface area (Å²) >= 11 is 0. The molecule has 0 unspecified atom stereocenters. The van der Waals surface area contributed by atoms with Gasteiger partial charge in [-0.3, -0.25) is 9.69 Å². The van der Waals surface area contributed by atoms with Gasteiger partial charge in [0.15, 0.2) is 0 Å². The van der Waals surface area contributed by atoms with Crippen molar-refractivity contribution in [3.63, 3.8) is 0 Å². The van der Waals surface area contributed by atoms with E-state index in [2.05, 4.69) is 21.7 Å². The highest BCUT2D eigenvalue weighted by Crippen LogP contribution is 2.39. The second-order valence-corrected chi connectivity index (χ2v) is 8.41. The van der Waals surface area contributed by atoms with E-state index < -0.39 is 17.7 Å². The number of rotatable bonds is 7. The number of nitrogens with zero attached hydrogens (tertiary/aromatic N) is 2. The van der Waals surface area contributed by atoms with E-state index in [4.69, 9.17) is 4.74 Å². The number of halogens is 3. The summed E-state index contributed by atoms with van der Waals surface area (Å²) in [6.07, 6.45) is -2.54. The van der Waals surface area contributed by atoms with Crippen LogP contribution < -0.4 is 15.0 Å². The number of alkyl halides is 3. The highest BCUT2D eigenvalue weighted by molar-refractivity contribution is 5.82. The van der Waals surface area contributed by atoms with Gasteiger partial charge < -0.3 is 15.0 Å². The number of ether oxygens (including phenoxy) is 1. The van der Waals surface area contributed by atoms with Gasteiger partial charge in [-0.05, 0) is 42.3 Å². The molecule has 0 spiro atoms. The molecule has 2 aromatic rings. The summed E-state index contributed by atoms with van der Waals surface area (Å²) in [5.41, 5.74) is 0.684.